The molecule has 1 heterocycles. The first-order valence-electron chi connectivity index (χ1n) is 11.4. The monoisotopic (exact) mass is 455 g/mol. The molecule has 1 amide bonds. The average Bonchev–Trinajstić information content (AvgIpc) is 3.07. The van der Waals surface area contributed by atoms with Crippen molar-refractivity contribution in [2.75, 3.05) is 4.90 Å². The first kappa shape index (κ1) is 23.3. The third-order valence-corrected chi connectivity index (χ3v) is 6.21. The molecule has 0 spiro atoms. The highest BCUT2D eigenvalue weighted by Gasteiger charge is 2.47. The van der Waals surface area contributed by atoms with Crippen LogP contribution in [0.3, 0.4) is 0 Å². The lowest BCUT2D eigenvalue weighted by Crippen LogP contribution is -2.30. The van der Waals surface area contributed by atoms with E-state index in [2.05, 4.69) is 0 Å². The number of amides is 1. The van der Waals surface area contributed by atoms with Gasteiger partial charge in [-0.2, -0.15) is 0 Å². The molecule has 0 bridgehead atoms. The van der Waals surface area contributed by atoms with Crippen LogP contribution in [0.4, 0.5) is 5.69 Å². The number of carbonyl (C=O) groups is 2. The number of Topliss-reactive ketones (excluding diaryl/α,β-unsaturated/α-hetero) is 1. The molecular weight excluding hydrogens is 426 g/mol. The van der Waals surface area contributed by atoms with Crippen LogP contribution >= 0.6 is 0 Å². The van der Waals surface area contributed by atoms with E-state index in [4.69, 9.17) is 4.74 Å². The lowest BCUT2D eigenvalue weighted by molar-refractivity contribution is -0.132. The summed E-state index contributed by atoms with van der Waals surface area (Å²) < 4.78 is 5.81. The average molecular weight is 456 g/mol. The van der Waals surface area contributed by atoms with Gasteiger partial charge in [0.15, 0.2) is 0 Å². The molecule has 1 aliphatic rings. The molecule has 5 heteroatoms. The highest BCUT2D eigenvalue weighted by molar-refractivity contribution is 6.51. The largest absolute Gasteiger partial charge is 0.507 e. The van der Waals surface area contributed by atoms with Gasteiger partial charge >= 0.3 is 0 Å². The number of ether oxygens (including phenoxy) is 1. The van der Waals surface area contributed by atoms with Crippen LogP contribution in [0.5, 0.6) is 5.75 Å². The van der Waals surface area contributed by atoms with Gasteiger partial charge in [-0.3, -0.25) is 14.5 Å². The van der Waals surface area contributed by atoms with Gasteiger partial charge in [-0.05, 0) is 81.1 Å². The topological polar surface area (TPSA) is 66.8 Å². The number of nitrogens with zero attached hydrogens (tertiary/aromatic N) is 1. The van der Waals surface area contributed by atoms with Gasteiger partial charge in [0.2, 0.25) is 0 Å². The second-order valence-electron chi connectivity index (χ2n) is 8.95. The molecule has 0 radical (unpaired) electrons. The zero-order valence-electron chi connectivity index (χ0n) is 20.1. The van der Waals surface area contributed by atoms with Crippen LogP contribution in [0.1, 0.15) is 47.7 Å². The first-order valence-corrected chi connectivity index (χ1v) is 11.4. The SMILES string of the molecule is Cc1cc(/C(O)=C2\C(=O)C(=O)N(c3cccc(C)c3C)C2c2ccccc2)ccc1OC(C)C. The number of aryl methyl sites for hydroxylation is 2. The van der Waals surface area contributed by atoms with Crippen LogP contribution in [0.25, 0.3) is 5.76 Å². The Balaban J connectivity index is 1.91. The fourth-order valence-corrected chi connectivity index (χ4v) is 4.37. The predicted octanol–water partition coefficient (Wildman–Crippen LogP) is 6.03. The summed E-state index contributed by atoms with van der Waals surface area (Å²) in [6.45, 7) is 9.68. The smallest absolute Gasteiger partial charge is 0.300 e. The molecule has 4 rings (SSSR count). The van der Waals surface area contributed by atoms with Crippen molar-refractivity contribution < 1.29 is 19.4 Å². The summed E-state index contributed by atoms with van der Waals surface area (Å²) in [6.07, 6.45) is 0.0131. The van der Waals surface area contributed by atoms with Gasteiger partial charge < -0.3 is 9.84 Å². The van der Waals surface area contributed by atoms with Crippen molar-refractivity contribution in [3.63, 3.8) is 0 Å². The highest BCUT2D eigenvalue weighted by Crippen LogP contribution is 2.43. The molecule has 5 nitrogen and oxygen atoms in total. The Labute approximate surface area is 200 Å². The van der Waals surface area contributed by atoms with Gasteiger partial charge in [0.25, 0.3) is 11.7 Å². The summed E-state index contributed by atoms with van der Waals surface area (Å²) in [5, 5.41) is 11.4. The molecule has 3 aromatic rings. The van der Waals surface area contributed by atoms with Gasteiger partial charge in [0.05, 0.1) is 17.7 Å². The molecular formula is C29H29NO4. The van der Waals surface area contributed by atoms with Crippen LogP contribution < -0.4 is 9.64 Å². The van der Waals surface area contributed by atoms with E-state index in [0.29, 0.717) is 17.0 Å². The van der Waals surface area contributed by atoms with Crippen molar-refractivity contribution in [1.29, 1.82) is 0 Å². The molecule has 1 saturated heterocycles. The van der Waals surface area contributed by atoms with Gasteiger partial charge in [-0.25, -0.2) is 0 Å². The van der Waals surface area contributed by atoms with Crippen molar-refractivity contribution in [2.24, 2.45) is 0 Å². The molecule has 174 valence electrons. The van der Waals surface area contributed by atoms with Crippen LogP contribution in [-0.2, 0) is 9.59 Å². The quantitative estimate of drug-likeness (QED) is 0.290. The zero-order chi connectivity index (χ0) is 24.6. The number of aliphatic hydroxyl groups is 1. The summed E-state index contributed by atoms with van der Waals surface area (Å²) in [7, 11) is 0. The minimum absolute atomic E-state index is 0.0131. The van der Waals surface area contributed by atoms with Crippen molar-refractivity contribution in [3.8, 4) is 5.75 Å². The van der Waals surface area contributed by atoms with E-state index in [1.165, 1.54) is 4.90 Å². The van der Waals surface area contributed by atoms with Crippen LogP contribution in [0.2, 0.25) is 0 Å². The van der Waals surface area contributed by atoms with Crippen molar-refractivity contribution >= 4 is 23.1 Å². The first-order chi connectivity index (χ1) is 16.2. The second kappa shape index (κ2) is 9.18. The summed E-state index contributed by atoms with van der Waals surface area (Å²) in [4.78, 5) is 28.2. The number of hydrogen-bond acceptors (Lipinski definition) is 4. The summed E-state index contributed by atoms with van der Waals surface area (Å²) in [6, 6.07) is 19.5. The van der Waals surface area contributed by atoms with Gasteiger partial charge in [0, 0.05) is 11.3 Å². The predicted molar refractivity (Wildman–Crippen MR) is 134 cm³/mol. The molecule has 34 heavy (non-hydrogen) atoms. The van der Waals surface area contributed by atoms with E-state index in [-0.39, 0.29) is 17.4 Å². The Morgan fingerprint density at radius 2 is 1.62 bits per heavy atom. The summed E-state index contributed by atoms with van der Waals surface area (Å²) >= 11 is 0. The Bertz CT molecular complexity index is 1290. The van der Waals surface area contributed by atoms with Gasteiger partial charge in [-0.15, -0.1) is 0 Å². The van der Waals surface area contributed by atoms with Gasteiger partial charge in [-0.1, -0.05) is 42.5 Å². The van der Waals surface area contributed by atoms with Crippen molar-refractivity contribution in [3.05, 3.63) is 100 Å². The fraction of sp³-hybridized carbons (Fsp3) is 0.241. The second-order valence-corrected chi connectivity index (χ2v) is 8.95. The third kappa shape index (κ3) is 4.10. The van der Waals surface area contributed by atoms with Crippen LogP contribution in [-0.4, -0.2) is 22.9 Å². The zero-order valence-corrected chi connectivity index (χ0v) is 20.1. The molecule has 1 atom stereocenters. The number of benzene rings is 3. The Morgan fingerprint density at radius 1 is 0.912 bits per heavy atom. The van der Waals surface area contributed by atoms with E-state index < -0.39 is 17.7 Å². The fourth-order valence-electron chi connectivity index (χ4n) is 4.37. The van der Waals surface area contributed by atoms with E-state index in [1.807, 2.05) is 83.1 Å². The number of hydrogen-bond donors (Lipinski definition) is 1. The Hall–Kier alpha value is -3.86. The maximum absolute atomic E-state index is 13.4. The highest BCUT2D eigenvalue weighted by atomic mass is 16.5. The Kier molecular flexibility index (Phi) is 6.29. The molecule has 3 aromatic carbocycles. The minimum Gasteiger partial charge on any atom is -0.507 e. The Morgan fingerprint density at radius 3 is 2.26 bits per heavy atom. The van der Waals surface area contributed by atoms with E-state index in [0.717, 1.165) is 22.3 Å². The minimum atomic E-state index is -0.742. The maximum Gasteiger partial charge on any atom is 0.300 e. The van der Waals surface area contributed by atoms with Crippen LogP contribution in [0.15, 0.2) is 72.3 Å². The maximum atomic E-state index is 13.4. The number of ketones is 1. The van der Waals surface area contributed by atoms with E-state index in [9.17, 15) is 14.7 Å². The number of carbonyl (C=O) groups excluding carboxylic acids is 2. The molecule has 1 aliphatic heterocycles. The van der Waals surface area contributed by atoms with Crippen molar-refractivity contribution in [2.45, 2.75) is 46.8 Å². The lowest BCUT2D eigenvalue weighted by atomic mass is 9.94. The summed E-state index contributed by atoms with van der Waals surface area (Å²) in [5.41, 5.74) is 4.71. The number of rotatable bonds is 5. The van der Waals surface area contributed by atoms with E-state index >= 15 is 0 Å². The normalized spacial score (nSPS) is 17.5. The van der Waals surface area contributed by atoms with Gasteiger partial charge in [0.1, 0.15) is 11.5 Å². The molecule has 1 N–H and O–H groups in total. The molecule has 1 unspecified atom stereocenters. The molecule has 0 aliphatic carbocycles. The van der Waals surface area contributed by atoms with Crippen molar-refractivity contribution in [1.82, 2.24) is 0 Å². The summed E-state index contributed by atoms with van der Waals surface area (Å²) in [5.74, 6) is -0.839. The van der Waals surface area contributed by atoms with E-state index in [1.54, 1.807) is 18.2 Å². The third-order valence-electron chi connectivity index (χ3n) is 6.21. The molecule has 0 saturated carbocycles. The lowest BCUT2D eigenvalue weighted by Gasteiger charge is -2.27. The number of anilines is 1. The number of aliphatic hydroxyl groups excluding tert-OH is 1. The molecule has 1 fully saturated rings. The van der Waals surface area contributed by atoms with Crippen LogP contribution in [0, 0.1) is 20.8 Å². The standard InChI is InChI=1S/C29H29NO4/c1-17(2)34-24-15-14-22(16-19(24)4)27(31)25-26(21-11-7-6-8-12-21)30(29(33)28(25)32)23-13-9-10-18(3)20(23)5/h6-17,26,31H,1-5H3/b27-25+. The molecule has 0 aromatic heterocycles.